The third-order valence-electron chi connectivity index (χ3n) is 4.65. The van der Waals surface area contributed by atoms with Gasteiger partial charge in [0.25, 0.3) is 5.89 Å². The number of nitrogens with zero attached hydrogens (tertiary/aromatic N) is 2. The van der Waals surface area contributed by atoms with E-state index in [-0.39, 0.29) is 5.82 Å². The van der Waals surface area contributed by atoms with Gasteiger partial charge in [-0.15, -0.1) is 0 Å². The lowest BCUT2D eigenvalue weighted by Crippen LogP contribution is -1.99. The molecule has 5 nitrogen and oxygen atoms in total. The summed E-state index contributed by atoms with van der Waals surface area (Å²) in [5, 5.41) is 3.94. The van der Waals surface area contributed by atoms with Crippen molar-refractivity contribution in [2.24, 2.45) is 0 Å². The zero-order valence-electron chi connectivity index (χ0n) is 17.2. The SMILES string of the molecule is COc1ccc(/C=C\c2nc(-c3ccc(F)cc3)no2)cc1COc1cccc(C)c1. The standard InChI is InChI=1S/C25H21FN2O3/c1-17-4-3-5-22(14-17)30-16-20-15-18(6-12-23(20)29-2)7-13-24-27-25(28-31-24)19-8-10-21(26)11-9-19/h3-15H,16H2,1-2H3/b13-7-. The van der Waals surface area contributed by atoms with Crippen molar-refractivity contribution in [3.8, 4) is 22.9 Å². The monoisotopic (exact) mass is 416 g/mol. The second-order valence-electron chi connectivity index (χ2n) is 6.97. The maximum atomic E-state index is 13.1. The highest BCUT2D eigenvalue weighted by Crippen LogP contribution is 2.24. The largest absolute Gasteiger partial charge is 0.496 e. The first-order valence-corrected chi connectivity index (χ1v) is 9.75. The molecule has 0 amide bonds. The van der Waals surface area contributed by atoms with Gasteiger partial charge in [-0.3, -0.25) is 0 Å². The van der Waals surface area contributed by atoms with Crippen molar-refractivity contribution >= 4 is 12.2 Å². The molecule has 0 aliphatic heterocycles. The number of ether oxygens (including phenoxy) is 2. The normalized spacial score (nSPS) is 11.1. The van der Waals surface area contributed by atoms with Gasteiger partial charge < -0.3 is 14.0 Å². The number of aryl methyl sites for hydroxylation is 1. The highest BCUT2D eigenvalue weighted by Gasteiger charge is 2.08. The summed E-state index contributed by atoms with van der Waals surface area (Å²) in [5.74, 6) is 2.01. The van der Waals surface area contributed by atoms with Crippen LogP contribution in [0.15, 0.2) is 71.3 Å². The van der Waals surface area contributed by atoms with E-state index < -0.39 is 0 Å². The lowest BCUT2D eigenvalue weighted by atomic mass is 10.1. The van der Waals surface area contributed by atoms with Crippen molar-refractivity contribution in [3.05, 3.63) is 95.1 Å². The van der Waals surface area contributed by atoms with E-state index in [1.165, 1.54) is 12.1 Å². The molecular weight excluding hydrogens is 395 g/mol. The van der Waals surface area contributed by atoms with Gasteiger partial charge in [-0.25, -0.2) is 4.39 Å². The van der Waals surface area contributed by atoms with Crippen LogP contribution in [-0.4, -0.2) is 17.3 Å². The zero-order chi connectivity index (χ0) is 21.6. The first kappa shape index (κ1) is 20.3. The summed E-state index contributed by atoms with van der Waals surface area (Å²) in [5.41, 5.74) is 3.68. The second kappa shape index (κ2) is 9.26. The third-order valence-corrected chi connectivity index (χ3v) is 4.65. The molecule has 0 aliphatic carbocycles. The fourth-order valence-electron chi connectivity index (χ4n) is 3.07. The highest BCUT2D eigenvalue weighted by atomic mass is 19.1. The van der Waals surface area contributed by atoms with Gasteiger partial charge >= 0.3 is 0 Å². The third kappa shape index (κ3) is 5.17. The fourth-order valence-corrected chi connectivity index (χ4v) is 3.07. The molecule has 3 aromatic carbocycles. The van der Waals surface area contributed by atoms with E-state index in [0.29, 0.717) is 23.9 Å². The average molecular weight is 416 g/mol. The number of benzene rings is 3. The van der Waals surface area contributed by atoms with Gasteiger partial charge in [0.05, 0.1) is 7.11 Å². The van der Waals surface area contributed by atoms with E-state index in [4.69, 9.17) is 14.0 Å². The van der Waals surface area contributed by atoms with Crippen LogP contribution in [0.3, 0.4) is 0 Å². The smallest absolute Gasteiger partial charge is 0.250 e. The summed E-state index contributed by atoms with van der Waals surface area (Å²) in [6.45, 7) is 2.40. The first-order valence-electron chi connectivity index (χ1n) is 9.75. The maximum absolute atomic E-state index is 13.1. The summed E-state index contributed by atoms with van der Waals surface area (Å²) in [6, 6.07) is 19.7. The summed E-state index contributed by atoms with van der Waals surface area (Å²) in [6.07, 6.45) is 3.60. The number of methoxy groups -OCH3 is 1. The van der Waals surface area contributed by atoms with Crippen molar-refractivity contribution < 1.29 is 18.4 Å². The minimum Gasteiger partial charge on any atom is -0.496 e. The maximum Gasteiger partial charge on any atom is 0.250 e. The topological polar surface area (TPSA) is 57.4 Å². The number of hydrogen-bond acceptors (Lipinski definition) is 5. The molecule has 0 aliphatic rings. The van der Waals surface area contributed by atoms with Gasteiger partial charge in [-0.2, -0.15) is 4.98 Å². The molecule has 0 fully saturated rings. The van der Waals surface area contributed by atoms with E-state index in [0.717, 1.165) is 28.2 Å². The molecular formula is C25H21FN2O3. The summed E-state index contributed by atoms with van der Waals surface area (Å²) in [7, 11) is 1.64. The van der Waals surface area contributed by atoms with Gasteiger partial charge in [-0.1, -0.05) is 23.4 Å². The van der Waals surface area contributed by atoms with Crippen LogP contribution < -0.4 is 9.47 Å². The Morgan fingerprint density at radius 2 is 1.84 bits per heavy atom. The molecule has 4 aromatic rings. The van der Waals surface area contributed by atoms with Crippen molar-refractivity contribution in [2.45, 2.75) is 13.5 Å². The quantitative estimate of drug-likeness (QED) is 0.373. The summed E-state index contributed by atoms with van der Waals surface area (Å²) < 4.78 is 29.7. The summed E-state index contributed by atoms with van der Waals surface area (Å²) >= 11 is 0. The Morgan fingerprint density at radius 3 is 2.61 bits per heavy atom. The molecule has 0 saturated carbocycles. The molecule has 0 saturated heterocycles. The molecule has 0 atom stereocenters. The van der Waals surface area contributed by atoms with Crippen LogP contribution in [0.4, 0.5) is 4.39 Å². The molecule has 4 rings (SSSR count). The van der Waals surface area contributed by atoms with Crippen LogP contribution in [0.5, 0.6) is 11.5 Å². The molecule has 0 N–H and O–H groups in total. The Balaban J connectivity index is 1.49. The van der Waals surface area contributed by atoms with Crippen LogP contribution in [0.25, 0.3) is 23.5 Å². The Bertz CT molecular complexity index is 1200. The van der Waals surface area contributed by atoms with Gasteiger partial charge in [0, 0.05) is 17.2 Å². The van der Waals surface area contributed by atoms with E-state index in [2.05, 4.69) is 10.1 Å². The lowest BCUT2D eigenvalue weighted by molar-refractivity contribution is 0.296. The Labute approximate surface area is 179 Å². The molecule has 1 heterocycles. The lowest BCUT2D eigenvalue weighted by Gasteiger charge is -2.11. The number of halogens is 1. The van der Waals surface area contributed by atoms with E-state index in [1.54, 1.807) is 25.3 Å². The molecule has 0 unspecified atom stereocenters. The Hall–Kier alpha value is -3.93. The Morgan fingerprint density at radius 1 is 1.00 bits per heavy atom. The first-order chi connectivity index (χ1) is 15.1. The van der Waals surface area contributed by atoms with Gasteiger partial charge in [0.1, 0.15) is 23.9 Å². The number of hydrogen-bond donors (Lipinski definition) is 0. The van der Waals surface area contributed by atoms with Crippen LogP contribution in [-0.2, 0) is 6.61 Å². The van der Waals surface area contributed by atoms with Crippen molar-refractivity contribution in [3.63, 3.8) is 0 Å². The number of aromatic nitrogens is 2. The van der Waals surface area contributed by atoms with Crippen molar-refractivity contribution in [1.82, 2.24) is 10.1 Å². The average Bonchev–Trinajstić information content (AvgIpc) is 3.26. The molecule has 31 heavy (non-hydrogen) atoms. The van der Waals surface area contributed by atoms with Crippen LogP contribution in [0.2, 0.25) is 0 Å². The molecule has 0 radical (unpaired) electrons. The zero-order valence-corrected chi connectivity index (χ0v) is 17.2. The fraction of sp³-hybridized carbons (Fsp3) is 0.120. The van der Waals surface area contributed by atoms with Crippen LogP contribution in [0.1, 0.15) is 22.6 Å². The summed E-state index contributed by atoms with van der Waals surface area (Å²) in [4.78, 5) is 4.33. The second-order valence-corrected chi connectivity index (χ2v) is 6.97. The molecule has 156 valence electrons. The molecule has 1 aromatic heterocycles. The molecule has 0 bridgehead atoms. The van der Waals surface area contributed by atoms with Gasteiger partial charge in [-0.05, 0) is 72.7 Å². The predicted octanol–water partition coefficient (Wildman–Crippen LogP) is 5.94. The number of rotatable bonds is 7. The predicted molar refractivity (Wildman–Crippen MR) is 117 cm³/mol. The van der Waals surface area contributed by atoms with E-state index in [1.807, 2.05) is 55.5 Å². The van der Waals surface area contributed by atoms with Gasteiger partial charge in [0.15, 0.2) is 0 Å². The molecule has 6 heteroatoms. The minimum absolute atomic E-state index is 0.311. The van der Waals surface area contributed by atoms with E-state index >= 15 is 0 Å². The molecule has 0 spiro atoms. The highest BCUT2D eigenvalue weighted by molar-refractivity contribution is 5.68. The van der Waals surface area contributed by atoms with E-state index in [9.17, 15) is 4.39 Å². The van der Waals surface area contributed by atoms with Crippen LogP contribution in [0, 0.1) is 12.7 Å². The van der Waals surface area contributed by atoms with Gasteiger partial charge in [0.2, 0.25) is 5.82 Å². The van der Waals surface area contributed by atoms with Crippen molar-refractivity contribution in [1.29, 1.82) is 0 Å². The minimum atomic E-state index is -0.311. The van der Waals surface area contributed by atoms with Crippen LogP contribution >= 0.6 is 0 Å². The Kier molecular flexibility index (Phi) is 6.08. The van der Waals surface area contributed by atoms with Crippen molar-refractivity contribution in [2.75, 3.05) is 7.11 Å².